The predicted molar refractivity (Wildman–Crippen MR) is 123 cm³/mol. The van der Waals surface area contributed by atoms with Crippen molar-refractivity contribution < 1.29 is 9.21 Å². The lowest BCUT2D eigenvalue weighted by Gasteiger charge is -2.28. The Labute approximate surface area is 180 Å². The number of pyridine rings is 1. The standard InChI is InChI=1S/C25H24N4O2/c26-22-4-1-17(20-7-12-31-16-20)13-21(22)15-24(30)19-2-5-23-18(14-19)3-6-25(28-23)29-10-8-27-9-11-29/h1-7,12-14,16,27H,8-11,15,26H2. The zero-order chi connectivity index (χ0) is 21.2. The van der Waals surface area contributed by atoms with E-state index in [1.54, 1.807) is 12.5 Å². The summed E-state index contributed by atoms with van der Waals surface area (Å²) in [6, 6.07) is 17.4. The van der Waals surface area contributed by atoms with Gasteiger partial charge in [0.15, 0.2) is 5.78 Å². The largest absolute Gasteiger partial charge is 0.472 e. The van der Waals surface area contributed by atoms with Gasteiger partial charge in [-0.05, 0) is 59.7 Å². The third-order valence-corrected chi connectivity index (χ3v) is 5.79. The fourth-order valence-corrected chi connectivity index (χ4v) is 4.00. The number of nitrogens with two attached hydrogens (primary N) is 1. The molecule has 1 saturated heterocycles. The number of nitrogen functional groups attached to an aromatic ring is 1. The molecule has 4 aromatic rings. The van der Waals surface area contributed by atoms with Crippen molar-refractivity contribution in [3.63, 3.8) is 0 Å². The molecule has 3 heterocycles. The molecule has 5 rings (SSSR count). The molecule has 1 aliphatic heterocycles. The van der Waals surface area contributed by atoms with Crippen molar-refractivity contribution in [2.24, 2.45) is 0 Å². The molecule has 3 N–H and O–H groups in total. The Balaban J connectivity index is 1.38. The number of benzene rings is 2. The fourth-order valence-electron chi connectivity index (χ4n) is 4.00. The first-order chi connectivity index (χ1) is 15.2. The van der Waals surface area contributed by atoms with Crippen molar-refractivity contribution in [2.75, 3.05) is 36.8 Å². The minimum Gasteiger partial charge on any atom is -0.472 e. The highest BCUT2D eigenvalue weighted by Gasteiger charge is 2.14. The molecule has 6 nitrogen and oxygen atoms in total. The van der Waals surface area contributed by atoms with E-state index in [1.807, 2.05) is 54.6 Å². The van der Waals surface area contributed by atoms with Crippen LogP contribution in [0.3, 0.4) is 0 Å². The average Bonchev–Trinajstić information content (AvgIpc) is 3.35. The number of rotatable bonds is 5. The number of anilines is 2. The molecule has 0 spiro atoms. The summed E-state index contributed by atoms with van der Waals surface area (Å²) in [5, 5.41) is 4.32. The van der Waals surface area contributed by atoms with Gasteiger partial charge in [-0.2, -0.15) is 0 Å². The normalized spacial score (nSPS) is 14.1. The lowest BCUT2D eigenvalue weighted by Crippen LogP contribution is -2.43. The molecule has 0 bridgehead atoms. The van der Waals surface area contributed by atoms with Crippen LogP contribution in [0.4, 0.5) is 11.5 Å². The Bertz CT molecular complexity index is 1230. The number of nitrogens with one attached hydrogen (secondary N) is 1. The van der Waals surface area contributed by atoms with E-state index in [1.165, 1.54) is 0 Å². The first-order valence-corrected chi connectivity index (χ1v) is 10.5. The number of piperazine rings is 1. The van der Waals surface area contributed by atoms with Crippen molar-refractivity contribution in [3.8, 4) is 11.1 Å². The van der Waals surface area contributed by atoms with Gasteiger partial charge in [-0.15, -0.1) is 0 Å². The Hall–Kier alpha value is -3.64. The Morgan fingerprint density at radius 1 is 1.03 bits per heavy atom. The lowest BCUT2D eigenvalue weighted by atomic mass is 9.97. The van der Waals surface area contributed by atoms with Crippen molar-refractivity contribution in [2.45, 2.75) is 6.42 Å². The van der Waals surface area contributed by atoms with Gasteiger partial charge in [-0.25, -0.2) is 4.98 Å². The Morgan fingerprint density at radius 2 is 1.90 bits per heavy atom. The van der Waals surface area contributed by atoms with Crippen LogP contribution in [0, 0.1) is 0 Å². The topological polar surface area (TPSA) is 84.4 Å². The molecule has 0 atom stereocenters. The Morgan fingerprint density at radius 3 is 2.71 bits per heavy atom. The van der Waals surface area contributed by atoms with Crippen LogP contribution in [-0.2, 0) is 6.42 Å². The number of ketones is 1. The number of Topliss-reactive ketones (excluding diaryl/α,β-unsaturated/α-hetero) is 1. The van der Waals surface area contributed by atoms with Crippen molar-refractivity contribution in [1.82, 2.24) is 10.3 Å². The second kappa shape index (κ2) is 8.24. The second-order valence-electron chi connectivity index (χ2n) is 7.84. The highest BCUT2D eigenvalue weighted by molar-refractivity contribution is 6.01. The summed E-state index contributed by atoms with van der Waals surface area (Å²) in [7, 11) is 0. The molecule has 0 radical (unpaired) electrons. The van der Waals surface area contributed by atoms with E-state index in [0.717, 1.165) is 59.6 Å². The first-order valence-electron chi connectivity index (χ1n) is 10.5. The minimum atomic E-state index is 0.0316. The maximum absolute atomic E-state index is 13.0. The fraction of sp³-hybridized carbons (Fsp3) is 0.200. The number of hydrogen-bond acceptors (Lipinski definition) is 6. The summed E-state index contributed by atoms with van der Waals surface area (Å²) >= 11 is 0. The number of hydrogen-bond donors (Lipinski definition) is 2. The summed E-state index contributed by atoms with van der Waals surface area (Å²) in [5.41, 5.74) is 11.1. The van der Waals surface area contributed by atoms with Gasteiger partial charge < -0.3 is 20.4 Å². The SMILES string of the molecule is Nc1ccc(-c2ccoc2)cc1CC(=O)c1ccc2nc(N3CCNCC3)ccc2c1. The third-order valence-electron chi connectivity index (χ3n) is 5.79. The molecule has 1 aliphatic rings. The van der Waals surface area contributed by atoms with Gasteiger partial charge in [0.1, 0.15) is 5.82 Å². The molecule has 6 heteroatoms. The molecule has 0 saturated carbocycles. The molecule has 0 unspecified atom stereocenters. The highest BCUT2D eigenvalue weighted by Crippen LogP contribution is 2.26. The zero-order valence-corrected chi connectivity index (χ0v) is 17.2. The maximum atomic E-state index is 13.0. The molecule has 0 amide bonds. The van der Waals surface area contributed by atoms with E-state index >= 15 is 0 Å². The van der Waals surface area contributed by atoms with Gasteiger partial charge in [0.25, 0.3) is 0 Å². The molecule has 1 fully saturated rings. The van der Waals surface area contributed by atoms with Crippen LogP contribution in [0.1, 0.15) is 15.9 Å². The smallest absolute Gasteiger partial charge is 0.167 e. The summed E-state index contributed by atoms with van der Waals surface area (Å²) in [5.74, 6) is 1.01. The summed E-state index contributed by atoms with van der Waals surface area (Å²) in [4.78, 5) is 20.1. The van der Waals surface area contributed by atoms with Crippen LogP contribution in [0.5, 0.6) is 0 Å². The maximum Gasteiger partial charge on any atom is 0.167 e. The molecule has 31 heavy (non-hydrogen) atoms. The molecule has 0 aliphatic carbocycles. The van der Waals surface area contributed by atoms with E-state index in [4.69, 9.17) is 15.1 Å². The van der Waals surface area contributed by atoms with Gasteiger partial charge in [0.2, 0.25) is 0 Å². The molecular weight excluding hydrogens is 388 g/mol. The van der Waals surface area contributed by atoms with Crippen molar-refractivity contribution in [3.05, 3.63) is 78.3 Å². The molecular formula is C25H24N4O2. The number of furan rings is 1. The van der Waals surface area contributed by atoms with Crippen LogP contribution in [0.15, 0.2) is 71.5 Å². The van der Waals surface area contributed by atoms with Gasteiger partial charge in [-0.3, -0.25) is 4.79 Å². The summed E-state index contributed by atoms with van der Waals surface area (Å²) < 4.78 is 5.17. The summed E-state index contributed by atoms with van der Waals surface area (Å²) in [6.07, 6.45) is 3.56. The second-order valence-corrected chi connectivity index (χ2v) is 7.84. The van der Waals surface area contributed by atoms with Crippen molar-refractivity contribution in [1.29, 1.82) is 0 Å². The quantitative estimate of drug-likeness (QED) is 0.382. The van der Waals surface area contributed by atoms with E-state index in [9.17, 15) is 4.79 Å². The van der Waals surface area contributed by atoms with E-state index in [2.05, 4.69) is 10.2 Å². The average molecular weight is 412 g/mol. The number of carbonyl (C=O) groups is 1. The first kappa shape index (κ1) is 19.3. The van der Waals surface area contributed by atoms with Gasteiger partial charge in [0.05, 0.1) is 18.0 Å². The molecule has 156 valence electrons. The van der Waals surface area contributed by atoms with Crippen LogP contribution in [0.25, 0.3) is 22.0 Å². The van der Waals surface area contributed by atoms with E-state index in [0.29, 0.717) is 11.3 Å². The van der Waals surface area contributed by atoms with E-state index < -0.39 is 0 Å². The number of aromatic nitrogens is 1. The van der Waals surface area contributed by atoms with Gasteiger partial charge in [-0.1, -0.05) is 6.07 Å². The molecule has 2 aromatic heterocycles. The highest BCUT2D eigenvalue weighted by atomic mass is 16.3. The van der Waals surface area contributed by atoms with Crippen LogP contribution in [0.2, 0.25) is 0 Å². The minimum absolute atomic E-state index is 0.0316. The Kier molecular flexibility index (Phi) is 5.14. The zero-order valence-electron chi connectivity index (χ0n) is 17.2. The number of fused-ring (bicyclic) bond motifs is 1. The van der Waals surface area contributed by atoms with Crippen molar-refractivity contribution >= 4 is 28.2 Å². The number of nitrogens with zero attached hydrogens (tertiary/aromatic N) is 2. The van der Waals surface area contributed by atoms with Crippen LogP contribution < -0.4 is 16.0 Å². The monoisotopic (exact) mass is 412 g/mol. The number of carbonyl (C=O) groups excluding carboxylic acids is 1. The lowest BCUT2D eigenvalue weighted by molar-refractivity contribution is 0.0993. The predicted octanol–water partition coefficient (Wildman–Crippen LogP) is 3.91. The van der Waals surface area contributed by atoms with Crippen LogP contribution >= 0.6 is 0 Å². The van der Waals surface area contributed by atoms with Crippen LogP contribution in [-0.4, -0.2) is 36.9 Å². The van der Waals surface area contributed by atoms with E-state index in [-0.39, 0.29) is 12.2 Å². The van der Waals surface area contributed by atoms with Gasteiger partial charge in [0, 0.05) is 54.8 Å². The van der Waals surface area contributed by atoms with Gasteiger partial charge >= 0.3 is 0 Å². The third kappa shape index (κ3) is 4.02. The molecule has 2 aromatic carbocycles. The summed E-state index contributed by atoms with van der Waals surface area (Å²) in [6.45, 7) is 3.85.